The molecular formula is C23H20N8O4. The van der Waals surface area contributed by atoms with E-state index in [4.69, 9.17) is 4.74 Å². The molecule has 1 heterocycles. The Morgan fingerprint density at radius 2 is 1.46 bits per heavy atom. The molecule has 12 nitrogen and oxygen atoms in total. The van der Waals surface area contributed by atoms with Gasteiger partial charge in [0.25, 0.3) is 0 Å². The lowest BCUT2D eigenvalue weighted by Gasteiger charge is -2.10. The van der Waals surface area contributed by atoms with E-state index in [1.807, 2.05) is 60.7 Å². The summed E-state index contributed by atoms with van der Waals surface area (Å²) in [4.78, 5) is 23.5. The van der Waals surface area contributed by atoms with Crippen LogP contribution in [0.25, 0.3) is 0 Å². The zero-order chi connectivity index (χ0) is 24.6. The van der Waals surface area contributed by atoms with E-state index in [0.717, 1.165) is 11.4 Å². The van der Waals surface area contributed by atoms with Crippen molar-refractivity contribution in [2.45, 2.75) is 0 Å². The van der Waals surface area contributed by atoms with Crippen molar-refractivity contribution in [3.8, 4) is 11.5 Å². The van der Waals surface area contributed by atoms with Gasteiger partial charge in [0.1, 0.15) is 0 Å². The van der Waals surface area contributed by atoms with Gasteiger partial charge in [0.2, 0.25) is 23.6 Å². The first kappa shape index (κ1) is 22.9. The molecule has 0 spiro atoms. The number of phenolic OH excluding ortho intramolecular Hbond substituents is 1. The minimum atomic E-state index is -0.711. The number of aromatic hydroxyl groups is 1. The minimum absolute atomic E-state index is 0.0514. The smallest absolute Gasteiger partial charge is 0.315 e. The molecule has 0 fully saturated rings. The van der Waals surface area contributed by atoms with Crippen molar-refractivity contribution >= 4 is 41.1 Å². The summed E-state index contributed by atoms with van der Waals surface area (Å²) in [5, 5.41) is 31.4. The second kappa shape index (κ2) is 10.6. The SMILES string of the molecule is COc1cc(/C=N/Nc2nc(Nc3ccccc3)nc(Nc3ccccc3)n2)cc([N+](=O)[O-])c1O. The van der Waals surface area contributed by atoms with Gasteiger partial charge in [0.15, 0.2) is 5.75 Å². The molecule has 35 heavy (non-hydrogen) atoms. The summed E-state index contributed by atoms with van der Waals surface area (Å²) in [7, 11) is 1.30. The fourth-order valence-electron chi connectivity index (χ4n) is 2.99. The lowest BCUT2D eigenvalue weighted by atomic mass is 10.2. The molecular weight excluding hydrogens is 452 g/mol. The predicted octanol–water partition coefficient (Wildman–Crippen LogP) is 4.43. The lowest BCUT2D eigenvalue weighted by Crippen LogP contribution is -2.07. The molecule has 0 aliphatic heterocycles. The second-order valence-corrected chi connectivity index (χ2v) is 7.01. The number of aromatic nitrogens is 3. The molecule has 0 amide bonds. The number of nitrogens with zero attached hydrogens (tertiary/aromatic N) is 5. The molecule has 0 bridgehead atoms. The molecule has 0 aliphatic rings. The Kier molecular flexibility index (Phi) is 6.92. The average molecular weight is 472 g/mol. The highest BCUT2D eigenvalue weighted by Crippen LogP contribution is 2.36. The van der Waals surface area contributed by atoms with E-state index in [2.05, 4.69) is 36.1 Å². The van der Waals surface area contributed by atoms with Crippen LogP contribution in [-0.2, 0) is 0 Å². The van der Waals surface area contributed by atoms with Gasteiger partial charge in [-0.05, 0) is 30.3 Å². The average Bonchev–Trinajstić information content (AvgIpc) is 2.86. The number of hydrogen-bond donors (Lipinski definition) is 4. The van der Waals surface area contributed by atoms with Gasteiger partial charge >= 0.3 is 5.69 Å². The number of nitro benzene ring substituents is 1. The number of hydrogen-bond acceptors (Lipinski definition) is 11. The first-order valence-electron chi connectivity index (χ1n) is 10.3. The molecule has 0 saturated carbocycles. The molecule has 0 atom stereocenters. The molecule has 1 aromatic heterocycles. The molecule has 4 aromatic rings. The first-order valence-corrected chi connectivity index (χ1v) is 10.3. The summed E-state index contributed by atoms with van der Waals surface area (Å²) in [6.45, 7) is 0. The third-order valence-corrected chi connectivity index (χ3v) is 4.57. The largest absolute Gasteiger partial charge is 0.500 e. The highest BCUT2D eigenvalue weighted by molar-refractivity contribution is 5.83. The number of nitrogens with one attached hydrogen (secondary N) is 3. The number of phenols is 1. The summed E-state index contributed by atoms with van der Waals surface area (Å²) in [5.41, 5.74) is 4.07. The maximum Gasteiger partial charge on any atom is 0.315 e. The van der Waals surface area contributed by atoms with Crippen LogP contribution in [0.5, 0.6) is 11.5 Å². The van der Waals surface area contributed by atoms with Gasteiger partial charge in [-0.15, -0.1) is 0 Å². The monoisotopic (exact) mass is 472 g/mol. The van der Waals surface area contributed by atoms with E-state index < -0.39 is 16.4 Å². The maximum absolute atomic E-state index is 11.2. The van der Waals surface area contributed by atoms with Crippen molar-refractivity contribution in [2.24, 2.45) is 5.10 Å². The van der Waals surface area contributed by atoms with Gasteiger partial charge in [-0.2, -0.15) is 20.1 Å². The minimum Gasteiger partial charge on any atom is -0.500 e. The van der Waals surface area contributed by atoms with Gasteiger partial charge in [0.05, 0.1) is 18.2 Å². The molecule has 4 rings (SSSR count). The van der Waals surface area contributed by atoms with Crippen LogP contribution in [0, 0.1) is 10.1 Å². The number of methoxy groups -OCH3 is 1. The standard InChI is InChI=1S/C23H20N8O4/c1-35-19-13-15(12-18(20(19)32)31(33)34)14-24-30-23-28-21(25-16-8-4-2-5-9-16)27-22(29-23)26-17-10-6-3-7-11-17/h2-14,32H,1H3,(H3,25,26,27,28,29,30)/b24-14+. The van der Waals surface area contributed by atoms with E-state index in [1.54, 1.807) is 0 Å². The van der Waals surface area contributed by atoms with E-state index >= 15 is 0 Å². The van der Waals surface area contributed by atoms with Crippen LogP contribution in [0.2, 0.25) is 0 Å². The van der Waals surface area contributed by atoms with Crippen LogP contribution in [0.4, 0.5) is 34.9 Å². The Hall–Kier alpha value is -5.26. The molecule has 0 aliphatic carbocycles. The third-order valence-electron chi connectivity index (χ3n) is 4.57. The van der Waals surface area contributed by atoms with Crippen molar-refractivity contribution in [1.29, 1.82) is 0 Å². The number of para-hydroxylation sites is 2. The van der Waals surface area contributed by atoms with Crippen LogP contribution < -0.4 is 20.8 Å². The van der Waals surface area contributed by atoms with Crippen LogP contribution in [0.15, 0.2) is 77.9 Å². The molecule has 4 N–H and O–H groups in total. The number of ether oxygens (including phenoxy) is 1. The normalized spacial score (nSPS) is 10.7. The van der Waals surface area contributed by atoms with Gasteiger partial charge < -0.3 is 20.5 Å². The Morgan fingerprint density at radius 3 is 1.97 bits per heavy atom. The van der Waals surface area contributed by atoms with Gasteiger partial charge in [-0.3, -0.25) is 10.1 Å². The van der Waals surface area contributed by atoms with Crippen molar-refractivity contribution < 1.29 is 14.8 Å². The van der Waals surface area contributed by atoms with Gasteiger partial charge in [-0.25, -0.2) is 5.43 Å². The van der Waals surface area contributed by atoms with Gasteiger partial charge in [0, 0.05) is 23.0 Å². The zero-order valence-electron chi connectivity index (χ0n) is 18.4. The molecule has 0 unspecified atom stereocenters. The summed E-state index contributed by atoms with van der Waals surface area (Å²) in [6.07, 6.45) is 1.31. The highest BCUT2D eigenvalue weighted by Gasteiger charge is 2.19. The van der Waals surface area contributed by atoms with E-state index in [0.29, 0.717) is 5.56 Å². The molecule has 0 saturated heterocycles. The summed E-state index contributed by atoms with van der Waals surface area (Å²) < 4.78 is 5.00. The molecule has 0 radical (unpaired) electrons. The zero-order valence-corrected chi connectivity index (χ0v) is 18.4. The van der Waals surface area contributed by atoms with Gasteiger partial charge in [-0.1, -0.05) is 36.4 Å². The van der Waals surface area contributed by atoms with E-state index in [-0.39, 0.29) is 23.6 Å². The van der Waals surface area contributed by atoms with Crippen LogP contribution in [0.1, 0.15) is 5.56 Å². The Bertz CT molecular complexity index is 1290. The van der Waals surface area contributed by atoms with E-state index in [1.165, 1.54) is 25.5 Å². The Labute approximate surface area is 199 Å². The van der Waals surface area contributed by atoms with Crippen molar-refractivity contribution in [3.63, 3.8) is 0 Å². The van der Waals surface area contributed by atoms with Crippen LogP contribution in [-0.4, -0.2) is 38.3 Å². The molecule has 176 valence electrons. The molecule has 3 aromatic carbocycles. The van der Waals surface area contributed by atoms with Crippen molar-refractivity contribution in [2.75, 3.05) is 23.2 Å². The Morgan fingerprint density at radius 1 is 0.914 bits per heavy atom. The summed E-state index contributed by atoms with van der Waals surface area (Å²) in [6, 6.07) is 21.3. The van der Waals surface area contributed by atoms with E-state index in [9.17, 15) is 15.2 Å². The first-order chi connectivity index (χ1) is 17.0. The lowest BCUT2D eigenvalue weighted by molar-refractivity contribution is -0.386. The topological polar surface area (TPSA) is 160 Å². The maximum atomic E-state index is 11.2. The van der Waals surface area contributed by atoms with Crippen molar-refractivity contribution in [1.82, 2.24) is 15.0 Å². The fourth-order valence-corrected chi connectivity index (χ4v) is 2.99. The number of anilines is 5. The highest BCUT2D eigenvalue weighted by atomic mass is 16.6. The number of hydrazone groups is 1. The second-order valence-electron chi connectivity index (χ2n) is 7.01. The summed E-state index contributed by atoms with van der Waals surface area (Å²) in [5.74, 6) is 0.0414. The number of benzene rings is 3. The molecule has 12 heteroatoms. The number of rotatable bonds is 9. The van der Waals surface area contributed by atoms with Crippen LogP contribution in [0.3, 0.4) is 0 Å². The number of nitro groups is 1. The van der Waals surface area contributed by atoms with Crippen LogP contribution >= 0.6 is 0 Å². The quantitative estimate of drug-likeness (QED) is 0.156. The fraction of sp³-hybridized carbons (Fsp3) is 0.0435. The summed E-state index contributed by atoms with van der Waals surface area (Å²) >= 11 is 0. The Balaban J connectivity index is 1.60. The third kappa shape index (κ3) is 5.96. The predicted molar refractivity (Wildman–Crippen MR) is 132 cm³/mol. The van der Waals surface area contributed by atoms with Crippen molar-refractivity contribution in [3.05, 3.63) is 88.5 Å².